The lowest BCUT2D eigenvalue weighted by atomic mass is 9.88. The maximum atomic E-state index is 12.2. The van der Waals surface area contributed by atoms with Crippen molar-refractivity contribution < 1.29 is 9.53 Å². The van der Waals surface area contributed by atoms with Gasteiger partial charge < -0.3 is 15.4 Å². The quantitative estimate of drug-likeness (QED) is 0.853. The molecule has 0 aliphatic carbocycles. The van der Waals surface area contributed by atoms with Crippen molar-refractivity contribution >= 4 is 34.8 Å². The molecule has 1 fully saturated rings. The van der Waals surface area contributed by atoms with E-state index in [9.17, 15) is 4.79 Å². The third-order valence-corrected chi connectivity index (χ3v) is 4.41. The molecule has 1 saturated heterocycles. The third-order valence-electron chi connectivity index (χ3n) is 3.85. The van der Waals surface area contributed by atoms with Crippen LogP contribution in [0, 0.1) is 0 Å². The molecule has 0 radical (unpaired) electrons. The SMILES string of the molecule is CCOc1ccc(N2C(=O)[C@H](N)[C@H]2c2ccc(Cl)cc2Cl)cc1. The molecule has 120 valence electrons. The van der Waals surface area contributed by atoms with Crippen LogP contribution in [0.4, 0.5) is 5.69 Å². The van der Waals surface area contributed by atoms with Gasteiger partial charge in [0.15, 0.2) is 0 Å². The van der Waals surface area contributed by atoms with Crippen LogP contribution in [0.3, 0.4) is 0 Å². The number of nitrogens with zero attached hydrogens (tertiary/aromatic N) is 1. The summed E-state index contributed by atoms with van der Waals surface area (Å²) in [5.41, 5.74) is 7.55. The summed E-state index contributed by atoms with van der Waals surface area (Å²) in [5, 5.41) is 1.05. The minimum Gasteiger partial charge on any atom is -0.494 e. The minimum atomic E-state index is -0.611. The molecule has 2 aromatic carbocycles. The van der Waals surface area contributed by atoms with Gasteiger partial charge in [0.25, 0.3) is 0 Å². The van der Waals surface area contributed by atoms with Crippen molar-refractivity contribution in [3.05, 3.63) is 58.1 Å². The average molecular weight is 351 g/mol. The van der Waals surface area contributed by atoms with E-state index in [1.165, 1.54) is 0 Å². The standard InChI is InChI=1S/C17H16Cl2N2O2/c1-2-23-12-6-4-11(5-7-12)21-16(15(20)17(21)22)13-8-3-10(18)9-14(13)19/h3-9,15-16H,2,20H2,1H3/t15-,16-/m1/s1. The number of carbonyl (C=O) groups excluding carboxylic acids is 1. The minimum absolute atomic E-state index is 0.134. The Kier molecular flexibility index (Phi) is 4.48. The first-order valence-electron chi connectivity index (χ1n) is 7.29. The first-order valence-corrected chi connectivity index (χ1v) is 8.05. The van der Waals surface area contributed by atoms with Crippen molar-refractivity contribution in [1.82, 2.24) is 0 Å². The second kappa shape index (κ2) is 6.40. The number of nitrogens with two attached hydrogens (primary N) is 1. The van der Waals surface area contributed by atoms with Crippen molar-refractivity contribution in [3.63, 3.8) is 0 Å². The van der Waals surface area contributed by atoms with E-state index in [0.717, 1.165) is 17.0 Å². The molecule has 0 spiro atoms. The molecule has 2 N–H and O–H groups in total. The van der Waals surface area contributed by atoms with Crippen LogP contribution in [0.15, 0.2) is 42.5 Å². The van der Waals surface area contributed by atoms with Gasteiger partial charge >= 0.3 is 0 Å². The summed E-state index contributed by atoms with van der Waals surface area (Å²) >= 11 is 12.2. The Morgan fingerprint density at radius 2 is 1.87 bits per heavy atom. The second-order valence-electron chi connectivity index (χ2n) is 5.27. The molecule has 2 aromatic rings. The molecular weight excluding hydrogens is 335 g/mol. The lowest BCUT2D eigenvalue weighted by molar-refractivity contribution is -0.126. The number of amides is 1. The first-order chi connectivity index (χ1) is 11.0. The number of hydrogen-bond acceptors (Lipinski definition) is 3. The van der Waals surface area contributed by atoms with Crippen LogP contribution in [-0.4, -0.2) is 18.6 Å². The van der Waals surface area contributed by atoms with Crippen molar-refractivity contribution in [3.8, 4) is 5.75 Å². The Bertz CT molecular complexity index is 734. The average Bonchev–Trinajstić information content (AvgIpc) is 2.54. The lowest BCUT2D eigenvalue weighted by Crippen LogP contribution is -2.63. The van der Waals surface area contributed by atoms with E-state index in [-0.39, 0.29) is 11.9 Å². The van der Waals surface area contributed by atoms with Crippen LogP contribution in [0.1, 0.15) is 18.5 Å². The van der Waals surface area contributed by atoms with E-state index in [2.05, 4.69) is 0 Å². The number of anilines is 1. The topological polar surface area (TPSA) is 55.6 Å². The summed E-state index contributed by atoms with van der Waals surface area (Å²) in [6.45, 7) is 2.51. The summed E-state index contributed by atoms with van der Waals surface area (Å²) in [5.74, 6) is 0.625. The highest BCUT2D eigenvalue weighted by atomic mass is 35.5. The van der Waals surface area contributed by atoms with Crippen molar-refractivity contribution in [2.75, 3.05) is 11.5 Å². The summed E-state index contributed by atoms with van der Waals surface area (Å²) in [7, 11) is 0. The second-order valence-corrected chi connectivity index (χ2v) is 6.12. The summed E-state index contributed by atoms with van der Waals surface area (Å²) in [4.78, 5) is 13.9. The zero-order valence-corrected chi connectivity index (χ0v) is 14.0. The van der Waals surface area contributed by atoms with Crippen molar-refractivity contribution in [2.45, 2.75) is 19.0 Å². The monoisotopic (exact) mass is 350 g/mol. The molecule has 2 atom stereocenters. The van der Waals surface area contributed by atoms with Gasteiger partial charge in [0.1, 0.15) is 11.8 Å². The number of ether oxygens (including phenoxy) is 1. The zero-order chi connectivity index (χ0) is 16.6. The Morgan fingerprint density at radius 3 is 2.48 bits per heavy atom. The van der Waals surface area contributed by atoms with Crippen LogP contribution in [0.25, 0.3) is 0 Å². The fourth-order valence-electron chi connectivity index (χ4n) is 2.74. The number of benzene rings is 2. The zero-order valence-electron chi connectivity index (χ0n) is 12.5. The van der Waals surface area contributed by atoms with Crippen LogP contribution in [0.2, 0.25) is 10.0 Å². The molecule has 0 bridgehead atoms. The molecule has 3 rings (SSSR count). The Balaban J connectivity index is 1.92. The molecule has 1 amide bonds. The molecule has 1 aliphatic rings. The van der Waals surface area contributed by atoms with E-state index in [1.54, 1.807) is 17.0 Å². The van der Waals surface area contributed by atoms with E-state index in [0.29, 0.717) is 16.7 Å². The maximum absolute atomic E-state index is 12.2. The summed E-state index contributed by atoms with van der Waals surface area (Å²) < 4.78 is 5.42. The molecule has 4 nitrogen and oxygen atoms in total. The molecule has 6 heteroatoms. The molecule has 1 aliphatic heterocycles. The highest BCUT2D eigenvalue weighted by Gasteiger charge is 2.47. The van der Waals surface area contributed by atoms with Gasteiger partial charge in [0, 0.05) is 15.7 Å². The number of rotatable bonds is 4. The Labute approximate surface area is 144 Å². The van der Waals surface area contributed by atoms with Crippen molar-refractivity contribution in [1.29, 1.82) is 0 Å². The van der Waals surface area contributed by atoms with Gasteiger partial charge in [0.2, 0.25) is 5.91 Å². The van der Waals surface area contributed by atoms with Gasteiger partial charge in [-0.25, -0.2) is 0 Å². The molecular formula is C17H16Cl2N2O2. The first kappa shape index (κ1) is 16.1. The molecule has 0 saturated carbocycles. The third kappa shape index (κ3) is 2.90. The van der Waals surface area contributed by atoms with Crippen LogP contribution >= 0.6 is 23.2 Å². The lowest BCUT2D eigenvalue weighted by Gasteiger charge is -2.46. The van der Waals surface area contributed by atoms with Crippen LogP contribution in [0.5, 0.6) is 5.75 Å². The van der Waals surface area contributed by atoms with E-state index in [1.807, 2.05) is 37.3 Å². The van der Waals surface area contributed by atoms with Gasteiger partial charge in [0.05, 0.1) is 12.6 Å². The van der Waals surface area contributed by atoms with Gasteiger partial charge in [-0.15, -0.1) is 0 Å². The Hall–Kier alpha value is -1.75. The summed E-state index contributed by atoms with van der Waals surface area (Å²) in [6, 6.07) is 11.6. The molecule has 23 heavy (non-hydrogen) atoms. The van der Waals surface area contributed by atoms with Crippen LogP contribution < -0.4 is 15.4 Å². The van der Waals surface area contributed by atoms with E-state index < -0.39 is 6.04 Å². The predicted octanol–water partition coefficient (Wildman–Crippen LogP) is 3.81. The number of β-lactam (4-membered cyclic amide) rings is 1. The van der Waals surface area contributed by atoms with Gasteiger partial charge in [-0.3, -0.25) is 4.79 Å². The van der Waals surface area contributed by atoms with Gasteiger partial charge in [-0.05, 0) is 48.9 Å². The fraction of sp³-hybridized carbons (Fsp3) is 0.235. The van der Waals surface area contributed by atoms with E-state index >= 15 is 0 Å². The highest BCUT2D eigenvalue weighted by Crippen LogP contribution is 2.41. The van der Waals surface area contributed by atoms with Gasteiger partial charge in [-0.1, -0.05) is 29.3 Å². The smallest absolute Gasteiger partial charge is 0.247 e. The van der Waals surface area contributed by atoms with Crippen LogP contribution in [-0.2, 0) is 4.79 Å². The maximum Gasteiger partial charge on any atom is 0.247 e. The summed E-state index contributed by atoms with van der Waals surface area (Å²) in [6.07, 6.45) is 0. The van der Waals surface area contributed by atoms with Gasteiger partial charge in [-0.2, -0.15) is 0 Å². The highest BCUT2D eigenvalue weighted by molar-refractivity contribution is 6.35. The predicted molar refractivity (Wildman–Crippen MR) is 92.3 cm³/mol. The normalized spacial score (nSPS) is 20.3. The van der Waals surface area contributed by atoms with E-state index in [4.69, 9.17) is 33.7 Å². The Morgan fingerprint density at radius 1 is 1.17 bits per heavy atom. The molecule has 1 heterocycles. The number of halogens is 2. The largest absolute Gasteiger partial charge is 0.494 e. The number of carbonyl (C=O) groups is 1. The number of hydrogen-bond donors (Lipinski definition) is 1. The molecule has 0 unspecified atom stereocenters. The fourth-order valence-corrected chi connectivity index (χ4v) is 3.26. The molecule has 0 aromatic heterocycles. The van der Waals surface area contributed by atoms with Crippen molar-refractivity contribution in [2.24, 2.45) is 5.73 Å².